The maximum Gasteiger partial charge on any atom is 0.0629 e. The first-order chi connectivity index (χ1) is 24.8. The third-order valence-corrected chi connectivity index (χ3v) is 10.2. The lowest BCUT2D eigenvalue weighted by Crippen LogP contribution is -2.28. The van der Waals surface area contributed by atoms with Gasteiger partial charge in [0.2, 0.25) is 0 Å². The Balaban J connectivity index is 1.11. The van der Waals surface area contributed by atoms with E-state index in [1.54, 1.807) is 0 Å². The number of nitrogens with zero attached hydrogens (tertiary/aromatic N) is 1. The van der Waals surface area contributed by atoms with E-state index in [1.807, 2.05) is 6.07 Å². The third kappa shape index (κ3) is 5.69. The molecule has 9 rings (SSSR count). The van der Waals surface area contributed by atoms with Gasteiger partial charge in [-0.25, -0.2) is 0 Å². The molecule has 2 aliphatic carbocycles. The number of allylic oxidation sites excluding steroid dienone is 6. The van der Waals surface area contributed by atoms with Crippen molar-refractivity contribution in [3.63, 3.8) is 0 Å². The molecule has 0 saturated heterocycles. The van der Waals surface area contributed by atoms with Gasteiger partial charge in [0.05, 0.1) is 6.04 Å². The zero-order valence-corrected chi connectivity index (χ0v) is 27.9. The summed E-state index contributed by atoms with van der Waals surface area (Å²) in [5.41, 5.74) is 16.1. The van der Waals surface area contributed by atoms with Crippen LogP contribution in [0.4, 0.5) is 22.7 Å². The van der Waals surface area contributed by atoms with Crippen molar-refractivity contribution in [1.82, 2.24) is 0 Å². The Morgan fingerprint density at radius 2 is 1.26 bits per heavy atom. The van der Waals surface area contributed by atoms with Crippen molar-refractivity contribution in [3.05, 3.63) is 199 Å². The van der Waals surface area contributed by atoms with E-state index < -0.39 is 0 Å². The molecule has 0 radical (unpaired) electrons. The molecule has 0 fully saturated rings. The molecule has 2 nitrogen and oxygen atoms in total. The highest BCUT2D eigenvalue weighted by atomic mass is 15.2. The minimum atomic E-state index is 0.214. The van der Waals surface area contributed by atoms with Crippen LogP contribution in [0.3, 0.4) is 0 Å². The van der Waals surface area contributed by atoms with Gasteiger partial charge in [-0.05, 0) is 112 Å². The summed E-state index contributed by atoms with van der Waals surface area (Å²) >= 11 is 0. The molecule has 0 saturated carbocycles. The van der Waals surface area contributed by atoms with E-state index >= 15 is 0 Å². The van der Waals surface area contributed by atoms with Gasteiger partial charge in [0.25, 0.3) is 0 Å². The number of anilines is 4. The van der Waals surface area contributed by atoms with E-state index in [1.165, 1.54) is 61.5 Å². The predicted octanol–water partition coefficient (Wildman–Crippen LogP) is 12.9. The highest BCUT2D eigenvalue weighted by molar-refractivity contribution is 5.87. The summed E-state index contributed by atoms with van der Waals surface area (Å²) in [6, 6.07) is 53.2. The van der Waals surface area contributed by atoms with Crippen LogP contribution in [-0.4, -0.2) is 6.04 Å². The van der Waals surface area contributed by atoms with Crippen LogP contribution in [0.25, 0.3) is 39.0 Å². The summed E-state index contributed by atoms with van der Waals surface area (Å²) in [5, 5.41) is 3.63. The van der Waals surface area contributed by atoms with Gasteiger partial charge in [-0.2, -0.15) is 0 Å². The molecule has 0 amide bonds. The standard InChI is InChI=1S/C48H38N2/c1-4-15-34(16-5-1)39-30-40(35-17-6-2-7-18-35)32-42(31-39)50-47-26-13-11-24-44(47)45-33-37(27-28-48(45)50)36-19-14-20-38(29-36)43-23-10-12-25-46(43)49-41-21-8-3-9-22-41/h1-6,8-17,19-33,44,47,49H,7,18H2. The summed E-state index contributed by atoms with van der Waals surface area (Å²) in [6.07, 6.45) is 18.1. The lowest BCUT2D eigenvalue weighted by molar-refractivity contribution is 0.745. The molecule has 2 unspecified atom stereocenters. The zero-order chi connectivity index (χ0) is 33.3. The molecule has 0 spiro atoms. The molecule has 0 bridgehead atoms. The Hall–Kier alpha value is -6.12. The van der Waals surface area contributed by atoms with Crippen molar-refractivity contribution in [2.45, 2.75) is 24.8 Å². The number of para-hydroxylation sites is 2. The Labute approximate surface area is 295 Å². The van der Waals surface area contributed by atoms with Crippen molar-refractivity contribution >= 4 is 28.3 Å². The SMILES string of the molecule is C1=CCCC(c2cc(-c3ccccc3)cc(N3c4ccc(-c5cccc(-c6ccccc6Nc6ccccc6)c5)cc4C4C=CC=CC43)c2)=C1. The van der Waals surface area contributed by atoms with Crippen LogP contribution in [-0.2, 0) is 0 Å². The monoisotopic (exact) mass is 642 g/mol. The molecule has 1 heterocycles. The molecule has 2 atom stereocenters. The third-order valence-electron chi connectivity index (χ3n) is 10.2. The molecule has 6 aromatic rings. The molecule has 3 aliphatic rings. The van der Waals surface area contributed by atoms with E-state index in [0.717, 1.165) is 24.2 Å². The maximum atomic E-state index is 3.63. The molecule has 240 valence electrons. The number of fused-ring (bicyclic) bond motifs is 3. The van der Waals surface area contributed by atoms with Crippen LogP contribution >= 0.6 is 0 Å². The van der Waals surface area contributed by atoms with Crippen LogP contribution in [0.15, 0.2) is 188 Å². The number of hydrogen-bond acceptors (Lipinski definition) is 2. The second-order valence-corrected chi connectivity index (χ2v) is 13.3. The van der Waals surface area contributed by atoms with Gasteiger partial charge >= 0.3 is 0 Å². The van der Waals surface area contributed by atoms with E-state index in [9.17, 15) is 0 Å². The van der Waals surface area contributed by atoms with Gasteiger partial charge in [0.15, 0.2) is 0 Å². The highest BCUT2D eigenvalue weighted by Crippen LogP contribution is 2.50. The minimum Gasteiger partial charge on any atom is -0.355 e. The van der Waals surface area contributed by atoms with E-state index in [2.05, 4.69) is 192 Å². The molecule has 0 aromatic heterocycles. The Morgan fingerprint density at radius 3 is 2.12 bits per heavy atom. The first-order valence-corrected chi connectivity index (χ1v) is 17.7. The largest absolute Gasteiger partial charge is 0.355 e. The van der Waals surface area contributed by atoms with Gasteiger partial charge < -0.3 is 10.2 Å². The number of rotatable bonds is 7. The number of benzene rings is 6. The maximum absolute atomic E-state index is 3.63. The fraction of sp³-hybridized carbons (Fsp3) is 0.0833. The van der Waals surface area contributed by atoms with Crippen molar-refractivity contribution in [1.29, 1.82) is 0 Å². The Morgan fingerprint density at radius 1 is 0.540 bits per heavy atom. The van der Waals surface area contributed by atoms with Crippen LogP contribution < -0.4 is 10.2 Å². The Bertz CT molecular complexity index is 2310. The zero-order valence-electron chi connectivity index (χ0n) is 27.9. The van der Waals surface area contributed by atoms with Gasteiger partial charge in [-0.15, -0.1) is 0 Å². The van der Waals surface area contributed by atoms with E-state index in [-0.39, 0.29) is 12.0 Å². The van der Waals surface area contributed by atoms with Crippen LogP contribution in [0.1, 0.15) is 29.9 Å². The second-order valence-electron chi connectivity index (χ2n) is 13.3. The van der Waals surface area contributed by atoms with Gasteiger partial charge in [-0.1, -0.05) is 134 Å². The van der Waals surface area contributed by atoms with Gasteiger partial charge in [0, 0.05) is 34.2 Å². The quantitative estimate of drug-likeness (QED) is 0.186. The summed E-state index contributed by atoms with van der Waals surface area (Å²) in [4.78, 5) is 2.57. The van der Waals surface area contributed by atoms with Crippen molar-refractivity contribution in [2.75, 3.05) is 10.2 Å². The van der Waals surface area contributed by atoms with Gasteiger partial charge in [-0.3, -0.25) is 0 Å². The summed E-state index contributed by atoms with van der Waals surface area (Å²) in [7, 11) is 0. The highest BCUT2D eigenvalue weighted by Gasteiger charge is 2.38. The lowest BCUT2D eigenvalue weighted by atomic mass is 9.89. The first kappa shape index (κ1) is 30.0. The average molecular weight is 643 g/mol. The van der Waals surface area contributed by atoms with Crippen molar-refractivity contribution in [3.8, 4) is 33.4 Å². The topological polar surface area (TPSA) is 15.3 Å². The van der Waals surface area contributed by atoms with Gasteiger partial charge in [0.1, 0.15) is 0 Å². The fourth-order valence-corrected chi connectivity index (χ4v) is 7.79. The minimum absolute atomic E-state index is 0.214. The van der Waals surface area contributed by atoms with Crippen LogP contribution in [0.2, 0.25) is 0 Å². The average Bonchev–Trinajstić information content (AvgIpc) is 3.53. The smallest absolute Gasteiger partial charge is 0.0629 e. The van der Waals surface area contributed by atoms with Crippen LogP contribution in [0.5, 0.6) is 0 Å². The molecule has 2 heteroatoms. The van der Waals surface area contributed by atoms with E-state index in [4.69, 9.17) is 0 Å². The van der Waals surface area contributed by atoms with E-state index in [0.29, 0.717) is 0 Å². The molecule has 6 aromatic carbocycles. The molecular formula is C48H38N2. The Kier molecular flexibility index (Phi) is 7.83. The lowest BCUT2D eigenvalue weighted by Gasteiger charge is -2.30. The van der Waals surface area contributed by atoms with Crippen LogP contribution in [0, 0.1) is 0 Å². The van der Waals surface area contributed by atoms with Crippen molar-refractivity contribution in [2.24, 2.45) is 0 Å². The second kappa shape index (κ2) is 13.1. The normalized spacial score (nSPS) is 17.3. The summed E-state index contributed by atoms with van der Waals surface area (Å²) in [6.45, 7) is 0. The summed E-state index contributed by atoms with van der Waals surface area (Å²) < 4.78 is 0. The fourth-order valence-electron chi connectivity index (χ4n) is 7.79. The molecular weight excluding hydrogens is 605 g/mol. The van der Waals surface area contributed by atoms with Crippen molar-refractivity contribution < 1.29 is 0 Å². The molecule has 50 heavy (non-hydrogen) atoms. The first-order valence-electron chi connectivity index (χ1n) is 17.7. The molecule has 1 aliphatic heterocycles. The number of nitrogens with one attached hydrogen (secondary N) is 1. The predicted molar refractivity (Wildman–Crippen MR) is 212 cm³/mol. The summed E-state index contributed by atoms with van der Waals surface area (Å²) in [5.74, 6) is 0.273. The molecule has 1 N–H and O–H groups in total. The number of hydrogen-bond donors (Lipinski definition) is 1.